The fourth-order valence-electron chi connectivity index (χ4n) is 3.13. The molecular weight excluding hydrogens is 338 g/mol. The SMILES string of the molecule is CC(C)(C)OC(=O)NC1CCN(c2cc([N+](=O)[O-])cc3ccoc23)CC1. The summed E-state index contributed by atoms with van der Waals surface area (Å²) < 4.78 is 10.8. The van der Waals surface area contributed by atoms with Crippen LogP contribution in [0.2, 0.25) is 0 Å². The van der Waals surface area contributed by atoms with E-state index in [4.69, 9.17) is 9.15 Å². The summed E-state index contributed by atoms with van der Waals surface area (Å²) in [7, 11) is 0. The smallest absolute Gasteiger partial charge is 0.407 e. The molecular formula is C18H23N3O5. The second kappa shape index (κ2) is 6.86. The zero-order chi connectivity index (χ0) is 18.9. The number of fused-ring (bicyclic) bond motifs is 1. The summed E-state index contributed by atoms with van der Waals surface area (Å²) >= 11 is 0. The maximum atomic E-state index is 11.9. The summed E-state index contributed by atoms with van der Waals surface area (Å²) in [5, 5.41) is 14.8. The zero-order valence-electron chi connectivity index (χ0n) is 15.2. The largest absolute Gasteiger partial charge is 0.462 e. The Morgan fingerprint density at radius 2 is 2.04 bits per heavy atom. The lowest BCUT2D eigenvalue weighted by Gasteiger charge is -2.34. The van der Waals surface area contributed by atoms with Gasteiger partial charge in [0.05, 0.1) is 16.9 Å². The quantitative estimate of drug-likeness (QED) is 0.659. The fraction of sp³-hybridized carbons (Fsp3) is 0.500. The van der Waals surface area contributed by atoms with Gasteiger partial charge in [-0.15, -0.1) is 0 Å². The lowest BCUT2D eigenvalue weighted by Crippen LogP contribution is -2.46. The number of alkyl carbamates (subject to hydrolysis) is 1. The van der Waals surface area contributed by atoms with E-state index in [1.165, 1.54) is 12.3 Å². The monoisotopic (exact) mass is 361 g/mol. The predicted octanol–water partition coefficient (Wildman–Crippen LogP) is 3.83. The molecule has 26 heavy (non-hydrogen) atoms. The number of rotatable bonds is 3. The molecule has 0 aliphatic carbocycles. The number of nitrogens with zero attached hydrogens (tertiary/aromatic N) is 2. The van der Waals surface area contributed by atoms with Crippen molar-refractivity contribution in [3.63, 3.8) is 0 Å². The highest BCUT2D eigenvalue weighted by molar-refractivity contribution is 5.92. The van der Waals surface area contributed by atoms with E-state index in [1.54, 1.807) is 12.1 Å². The number of piperidine rings is 1. The molecule has 1 aliphatic rings. The number of non-ortho nitro benzene ring substituents is 1. The number of hydrogen-bond donors (Lipinski definition) is 1. The minimum absolute atomic E-state index is 0.0203. The predicted molar refractivity (Wildman–Crippen MR) is 97.5 cm³/mol. The van der Waals surface area contributed by atoms with E-state index in [-0.39, 0.29) is 11.7 Å². The first-order chi connectivity index (χ1) is 12.2. The van der Waals surface area contributed by atoms with Crippen molar-refractivity contribution in [2.24, 2.45) is 0 Å². The van der Waals surface area contributed by atoms with Crippen LogP contribution in [0.3, 0.4) is 0 Å². The van der Waals surface area contributed by atoms with Crippen LogP contribution in [0.25, 0.3) is 11.0 Å². The van der Waals surface area contributed by atoms with Gasteiger partial charge in [0.2, 0.25) is 0 Å². The number of carbonyl (C=O) groups is 1. The molecule has 1 saturated heterocycles. The van der Waals surface area contributed by atoms with Gasteiger partial charge in [-0.05, 0) is 39.7 Å². The second-order valence-corrected chi connectivity index (χ2v) is 7.47. The van der Waals surface area contributed by atoms with E-state index in [0.717, 1.165) is 18.5 Å². The van der Waals surface area contributed by atoms with E-state index in [2.05, 4.69) is 10.2 Å². The van der Waals surface area contributed by atoms with Crippen LogP contribution in [0.15, 0.2) is 28.9 Å². The third-order valence-corrected chi connectivity index (χ3v) is 4.28. The Hall–Kier alpha value is -2.77. The number of anilines is 1. The third-order valence-electron chi connectivity index (χ3n) is 4.28. The molecule has 0 saturated carbocycles. The van der Waals surface area contributed by atoms with Gasteiger partial charge in [0.1, 0.15) is 5.60 Å². The molecule has 0 atom stereocenters. The summed E-state index contributed by atoms with van der Waals surface area (Å²) in [5.41, 5.74) is 0.880. The molecule has 1 fully saturated rings. The van der Waals surface area contributed by atoms with Crippen molar-refractivity contribution in [1.82, 2.24) is 5.32 Å². The lowest BCUT2D eigenvalue weighted by atomic mass is 10.0. The molecule has 8 nitrogen and oxygen atoms in total. The molecule has 1 aromatic heterocycles. The summed E-state index contributed by atoms with van der Waals surface area (Å²) in [6.07, 6.45) is 2.57. The Kier molecular flexibility index (Phi) is 4.76. The van der Waals surface area contributed by atoms with Crippen LogP contribution in [0, 0.1) is 10.1 Å². The highest BCUT2D eigenvalue weighted by Gasteiger charge is 2.26. The molecule has 1 N–H and O–H groups in total. The molecule has 3 rings (SSSR count). The van der Waals surface area contributed by atoms with Crippen LogP contribution in [-0.4, -0.2) is 35.7 Å². The van der Waals surface area contributed by atoms with Crippen molar-refractivity contribution >= 4 is 28.4 Å². The third kappa shape index (κ3) is 4.07. The van der Waals surface area contributed by atoms with E-state index >= 15 is 0 Å². The van der Waals surface area contributed by atoms with Crippen LogP contribution in [0.5, 0.6) is 0 Å². The van der Waals surface area contributed by atoms with Gasteiger partial charge in [-0.25, -0.2) is 4.79 Å². The molecule has 2 heterocycles. The highest BCUT2D eigenvalue weighted by atomic mass is 16.6. The minimum Gasteiger partial charge on any atom is -0.462 e. The summed E-state index contributed by atoms with van der Waals surface area (Å²) in [6, 6.07) is 4.81. The molecule has 1 aliphatic heterocycles. The first kappa shape index (κ1) is 18.0. The van der Waals surface area contributed by atoms with Crippen molar-refractivity contribution < 1.29 is 18.9 Å². The number of furan rings is 1. The molecule has 140 valence electrons. The van der Waals surface area contributed by atoms with Crippen molar-refractivity contribution in [3.8, 4) is 0 Å². The lowest BCUT2D eigenvalue weighted by molar-refractivity contribution is -0.384. The number of ether oxygens (including phenoxy) is 1. The Bertz CT molecular complexity index is 816. The number of carbonyl (C=O) groups excluding carboxylic acids is 1. The van der Waals surface area contributed by atoms with E-state index in [9.17, 15) is 14.9 Å². The molecule has 0 radical (unpaired) electrons. The number of amides is 1. The number of nitro benzene ring substituents is 1. The van der Waals surface area contributed by atoms with Gasteiger partial charge in [-0.3, -0.25) is 10.1 Å². The van der Waals surface area contributed by atoms with Crippen molar-refractivity contribution in [2.75, 3.05) is 18.0 Å². The Morgan fingerprint density at radius 1 is 1.35 bits per heavy atom. The average Bonchev–Trinajstić information content (AvgIpc) is 3.01. The minimum atomic E-state index is -0.529. The van der Waals surface area contributed by atoms with Gasteiger partial charge in [0, 0.05) is 36.7 Å². The zero-order valence-corrected chi connectivity index (χ0v) is 15.2. The Labute approximate surface area is 151 Å². The molecule has 2 aromatic rings. The summed E-state index contributed by atoms with van der Waals surface area (Å²) in [6.45, 7) is 6.80. The van der Waals surface area contributed by atoms with Crippen molar-refractivity contribution in [2.45, 2.75) is 45.3 Å². The molecule has 0 unspecified atom stereocenters. The molecule has 0 spiro atoms. The fourth-order valence-corrected chi connectivity index (χ4v) is 3.13. The van der Waals surface area contributed by atoms with Gasteiger partial charge < -0.3 is 19.4 Å². The van der Waals surface area contributed by atoms with Gasteiger partial charge in [-0.1, -0.05) is 0 Å². The average molecular weight is 361 g/mol. The van der Waals surface area contributed by atoms with E-state index < -0.39 is 16.6 Å². The highest BCUT2D eigenvalue weighted by Crippen LogP contribution is 2.34. The number of benzene rings is 1. The van der Waals surface area contributed by atoms with Gasteiger partial charge in [0.15, 0.2) is 5.58 Å². The molecule has 0 bridgehead atoms. The van der Waals surface area contributed by atoms with E-state index in [1.807, 2.05) is 20.8 Å². The maximum absolute atomic E-state index is 11.9. The number of hydrogen-bond acceptors (Lipinski definition) is 6. The van der Waals surface area contributed by atoms with Crippen LogP contribution >= 0.6 is 0 Å². The van der Waals surface area contributed by atoms with Crippen molar-refractivity contribution in [3.05, 3.63) is 34.6 Å². The van der Waals surface area contributed by atoms with Crippen LogP contribution < -0.4 is 10.2 Å². The van der Waals surface area contributed by atoms with Crippen molar-refractivity contribution in [1.29, 1.82) is 0 Å². The molecule has 1 aromatic carbocycles. The van der Waals surface area contributed by atoms with Crippen LogP contribution in [0.4, 0.5) is 16.2 Å². The molecule has 1 amide bonds. The first-order valence-electron chi connectivity index (χ1n) is 8.63. The van der Waals surface area contributed by atoms with Gasteiger partial charge >= 0.3 is 6.09 Å². The maximum Gasteiger partial charge on any atom is 0.407 e. The Morgan fingerprint density at radius 3 is 2.65 bits per heavy atom. The number of nitro groups is 1. The molecule has 8 heteroatoms. The summed E-state index contributed by atoms with van der Waals surface area (Å²) in [4.78, 5) is 24.8. The van der Waals surface area contributed by atoms with Crippen LogP contribution in [-0.2, 0) is 4.74 Å². The van der Waals surface area contributed by atoms with Crippen LogP contribution in [0.1, 0.15) is 33.6 Å². The topological polar surface area (TPSA) is 97.8 Å². The number of nitrogens with one attached hydrogen (secondary N) is 1. The standard InChI is InChI=1S/C18H23N3O5/c1-18(2,3)26-17(22)19-13-4-7-20(8-5-13)15-11-14(21(23)24)10-12-6-9-25-16(12)15/h6,9-11,13H,4-5,7-8H2,1-3H3,(H,19,22). The van der Waals surface area contributed by atoms with Gasteiger partial charge in [0.25, 0.3) is 5.69 Å². The Balaban J connectivity index is 1.69. The second-order valence-electron chi connectivity index (χ2n) is 7.47. The van der Waals surface area contributed by atoms with E-state index in [0.29, 0.717) is 24.1 Å². The first-order valence-corrected chi connectivity index (χ1v) is 8.63. The summed E-state index contributed by atoms with van der Waals surface area (Å²) in [5.74, 6) is 0. The normalized spacial score (nSPS) is 15.9. The van der Waals surface area contributed by atoms with Gasteiger partial charge in [-0.2, -0.15) is 0 Å².